The number of thiazole rings is 1. The maximum Gasteiger partial charge on any atom is 0.229 e. The predicted molar refractivity (Wildman–Crippen MR) is 98.4 cm³/mol. The van der Waals surface area contributed by atoms with Gasteiger partial charge in [-0.3, -0.25) is 9.69 Å². The van der Waals surface area contributed by atoms with Crippen molar-refractivity contribution < 1.29 is 14.3 Å². The van der Waals surface area contributed by atoms with Crippen LogP contribution in [0.5, 0.6) is 5.75 Å². The fourth-order valence-electron chi connectivity index (χ4n) is 2.40. The quantitative estimate of drug-likeness (QED) is 0.798. The van der Waals surface area contributed by atoms with Gasteiger partial charge >= 0.3 is 0 Å². The van der Waals surface area contributed by atoms with Crippen LogP contribution in [-0.4, -0.2) is 48.7 Å². The zero-order valence-corrected chi connectivity index (χ0v) is 15.3. The summed E-state index contributed by atoms with van der Waals surface area (Å²) in [5.74, 6) is 0.584. The van der Waals surface area contributed by atoms with E-state index in [1.165, 1.54) is 11.3 Å². The average Bonchev–Trinajstić information content (AvgIpc) is 3.04. The van der Waals surface area contributed by atoms with Gasteiger partial charge in [-0.15, -0.1) is 11.3 Å². The first kappa shape index (κ1) is 18.1. The molecule has 1 amide bonds. The molecule has 1 N–H and O–H groups in total. The van der Waals surface area contributed by atoms with E-state index in [4.69, 9.17) is 21.1 Å². The molecule has 3 rings (SSSR count). The van der Waals surface area contributed by atoms with Crippen molar-refractivity contribution in [2.45, 2.75) is 13.0 Å². The molecule has 6 nitrogen and oxygen atoms in total. The van der Waals surface area contributed by atoms with Crippen molar-refractivity contribution in [1.29, 1.82) is 0 Å². The van der Waals surface area contributed by atoms with E-state index in [1.807, 2.05) is 5.38 Å². The fourth-order valence-corrected chi connectivity index (χ4v) is 3.24. The van der Waals surface area contributed by atoms with Gasteiger partial charge in [-0.05, 0) is 24.3 Å². The lowest BCUT2D eigenvalue weighted by Gasteiger charge is -2.25. The maximum atomic E-state index is 12.0. The molecule has 25 heavy (non-hydrogen) atoms. The normalized spacial score (nSPS) is 15.1. The number of aromatic nitrogens is 1. The van der Waals surface area contributed by atoms with Crippen LogP contribution >= 0.6 is 22.9 Å². The van der Waals surface area contributed by atoms with Crippen molar-refractivity contribution in [3.63, 3.8) is 0 Å². The van der Waals surface area contributed by atoms with Crippen molar-refractivity contribution in [2.24, 2.45) is 0 Å². The third kappa shape index (κ3) is 5.97. The minimum absolute atomic E-state index is 0.110. The number of morpholine rings is 1. The number of hydrogen-bond donors (Lipinski definition) is 1. The summed E-state index contributed by atoms with van der Waals surface area (Å²) in [7, 11) is 0. The number of nitrogens with one attached hydrogen (secondary N) is 1. The molecular weight excluding hydrogens is 362 g/mol. The molecular formula is C17H20ClN3O3S. The molecule has 1 fully saturated rings. The molecule has 1 aliphatic heterocycles. The highest BCUT2D eigenvalue weighted by Crippen LogP contribution is 2.18. The Morgan fingerprint density at radius 1 is 1.32 bits per heavy atom. The van der Waals surface area contributed by atoms with E-state index in [2.05, 4.69) is 15.2 Å². The Labute approximate surface area is 155 Å². The highest BCUT2D eigenvalue weighted by molar-refractivity contribution is 7.13. The molecule has 1 aliphatic rings. The molecule has 0 saturated carbocycles. The van der Waals surface area contributed by atoms with E-state index in [-0.39, 0.29) is 12.3 Å². The van der Waals surface area contributed by atoms with Crippen molar-refractivity contribution in [2.75, 3.05) is 38.2 Å². The van der Waals surface area contributed by atoms with Crippen LogP contribution in [0.15, 0.2) is 29.6 Å². The third-order valence-corrected chi connectivity index (χ3v) is 4.76. The minimum Gasteiger partial charge on any atom is -0.493 e. The smallest absolute Gasteiger partial charge is 0.229 e. The molecule has 0 atom stereocenters. The van der Waals surface area contributed by atoms with Crippen molar-refractivity contribution in [3.8, 4) is 5.75 Å². The summed E-state index contributed by atoms with van der Waals surface area (Å²) in [5, 5.41) is 6.08. The first-order chi connectivity index (χ1) is 12.2. The zero-order chi connectivity index (χ0) is 17.5. The Bertz CT molecular complexity index is 687. The van der Waals surface area contributed by atoms with Crippen LogP contribution < -0.4 is 10.1 Å². The Hall–Kier alpha value is -1.67. The highest BCUT2D eigenvalue weighted by Gasteiger charge is 2.13. The van der Waals surface area contributed by atoms with Crippen LogP contribution in [0.3, 0.4) is 0 Å². The van der Waals surface area contributed by atoms with Crippen LogP contribution in [0.4, 0.5) is 5.13 Å². The summed E-state index contributed by atoms with van der Waals surface area (Å²) in [6.07, 6.45) is 0.265. The molecule has 1 aromatic carbocycles. The molecule has 2 aromatic rings. The molecule has 2 heterocycles. The van der Waals surface area contributed by atoms with Crippen LogP contribution in [0.1, 0.15) is 12.1 Å². The Morgan fingerprint density at radius 2 is 2.08 bits per heavy atom. The largest absolute Gasteiger partial charge is 0.493 e. The number of nitrogens with zero attached hydrogens (tertiary/aromatic N) is 2. The van der Waals surface area contributed by atoms with Gasteiger partial charge in [0, 0.05) is 30.0 Å². The highest BCUT2D eigenvalue weighted by atomic mass is 35.5. The number of benzene rings is 1. The molecule has 1 saturated heterocycles. The summed E-state index contributed by atoms with van der Waals surface area (Å²) >= 11 is 7.26. The lowest BCUT2D eigenvalue weighted by atomic mass is 10.3. The van der Waals surface area contributed by atoms with Crippen LogP contribution in [-0.2, 0) is 16.1 Å². The summed E-state index contributed by atoms with van der Waals surface area (Å²) < 4.78 is 10.9. The van der Waals surface area contributed by atoms with Gasteiger partial charge in [-0.2, -0.15) is 0 Å². The van der Waals surface area contributed by atoms with E-state index < -0.39 is 0 Å². The number of halogens is 1. The molecule has 134 valence electrons. The average molecular weight is 382 g/mol. The molecule has 0 spiro atoms. The SMILES string of the molecule is O=C(CCOc1ccc(Cl)cc1)Nc1nc(CN2CCOCC2)cs1. The topological polar surface area (TPSA) is 63.7 Å². The molecule has 1 aromatic heterocycles. The van der Waals surface area contributed by atoms with Gasteiger partial charge in [-0.1, -0.05) is 11.6 Å². The minimum atomic E-state index is -0.110. The maximum absolute atomic E-state index is 12.0. The monoisotopic (exact) mass is 381 g/mol. The number of hydrogen-bond acceptors (Lipinski definition) is 6. The number of anilines is 1. The van der Waals surface area contributed by atoms with Gasteiger partial charge in [-0.25, -0.2) is 4.98 Å². The first-order valence-corrected chi connectivity index (χ1v) is 9.37. The standard InChI is InChI=1S/C17H20ClN3O3S/c18-13-1-3-15(4-2-13)24-8-5-16(22)20-17-19-14(12-25-17)11-21-6-9-23-10-7-21/h1-4,12H,5-11H2,(H,19,20,22). The molecule has 0 radical (unpaired) electrons. The summed E-state index contributed by atoms with van der Waals surface area (Å²) in [4.78, 5) is 18.7. The van der Waals surface area contributed by atoms with E-state index in [9.17, 15) is 4.79 Å². The second-order valence-electron chi connectivity index (χ2n) is 5.63. The predicted octanol–water partition coefficient (Wildman–Crippen LogP) is 3.04. The van der Waals surface area contributed by atoms with E-state index in [0.717, 1.165) is 38.5 Å². The summed E-state index contributed by atoms with van der Waals surface area (Å²) in [5.41, 5.74) is 0.972. The second kappa shape index (κ2) is 9.15. The Balaban J connectivity index is 1.39. The van der Waals surface area contributed by atoms with E-state index >= 15 is 0 Å². The summed E-state index contributed by atoms with van der Waals surface area (Å²) in [6.45, 7) is 4.46. The van der Waals surface area contributed by atoms with Crippen LogP contribution in [0.2, 0.25) is 5.02 Å². The zero-order valence-electron chi connectivity index (χ0n) is 13.7. The number of rotatable bonds is 7. The van der Waals surface area contributed by atoms with Crippen molar-refractivity contribution in [1.82, 2.24) is 9.88 Å². The van der Waals surface area contributed by atoms with Gasteiger partial charge < -0.3 is 14.8 Å². The lowest BCUT2D eigenvalue weighted by Crippen LogP contribution is -2.35. The first-order valence-electron chi connectivity index (χ1n) is 8.12. The Morgan fingerprint density at radius 3 is 2.84 bits per heavy atom. The van der Waals surface area contributed by atoms with Gasteiger partial charge in [0.1, 0.15) is 5.75 Å². The van der Waals surface area contributed by atoms with E-state index in [1.54, 1.807) is 24.3 Å². The Kier molecular flexibility index (Phi) is 6.63. The third-order valence-electron chi connectivity index (χ3n) is 3.70. The number of carbonyl (C=O) groups excluding carboxylic acids is 1. The molecule has 0 unspecified atom stereocenters. The van der Waals surface area contributed by atoms with Gasteiger partial charge in [0.05, 0.1) is 31.9 Å². The molecule has 8 heteroatoms. The number of carbonyl (C=O) groups is 1. The van der Waals surface area contributed by atoms with Crippen molar-refractivity contribution in [3.05, 3.63) is 40.4 Å². The van der Waals surface area contributed by atoms with E-state index in [0.29, 0.717) is 22.5 Å². The van der Waals surface area contributed by atoms with Gasteiger partial charge in [0.25, 0.3) is 0 Å². The number of amides is 1. The second-order valence-corrected chi connectivity index (χ2v) is 6.93. The van der Waals surface area contributed by atoms with Gasteiger partial charge in [0.15, 0.2) is 5.13 Å². The van der Waals surface area contributed by atoms with Crippen molar-refractivity contribution >= 4 is 34.0 Å². The fraction of sp³-hybridized carbons (Fsp3) is 0.412. The molecule has 0 bridgehead atoms. The lowest BCUT2D eigenvalue weighted by molar-refractivity contribution is -0.116. The molecule has 0 aliphatic carbocycles. The van der Waals surface area contributed by atoms with Gasteiger partial charge in [0.2, 0.25) is 5.91 Å². The van der Waals surface area contributed by atoms with Crippen LogP contribution in [0, 0.1) is 0 Å². The van der Waals surface area contributed by atoms with Crippen LogP contribution in [0.25, 0.3) is 0 Å². The summed E-state index contributed by atoms with van der Waals surface area (Å²) in [6, 6.07) is 7.06. The number of ether oxygens (including phenoxy) is 2.